The van der Waals surface area contributed by atoms with Gasteiger partial charge in [0.25, 0.3) is 0 Å². The highest BCUT2D eigenvalue weighted by Crippen LogP contribution is 2.41. The molecule has 3 nitrogen and oxygen atoms in total. The first-order valence-corrected chi connectivity index (χ1v) is 7.59. The highest BCUT2D eigenvalue weighted by Gasteiger charge is 2.21. The predicted molar refractivity (Wildman–Crippen MR) is 87.1 cm³/mol. The number of aryl methyl sites for hydroxylation is 1. The van der Waals surface area contributed by atoms with Crippen molar-refractivity contribution in [1.29, 1.82) is 0 Å². The van der Waals surface area contributed by atoms with E-state index in [4.69, 9.17) is 9.47 Å². The number of aliphatic hydroxyl groups is 1. The summed E-state index contributed by atoms with van der Waals surface area (Å²) in [4.78, 5) is 0. The van der Waals surface area contributed by atoms with E-state index in [0.717, 1.165) is 17.5 Å². The minimum Gasteiger partial charge on any atom is -0.495 e. The third-order valence-electron chi connectivity index (χ3n) is 3.54. The van der Waals surface area contributed by atoms with Gasteiger partial charge in [-0.05, 0) is 45.6 Å². The van der Waals surface area contributed by atoms with E-state index < -0.39 is 6.10 Å². The molecule has 0 fully saturated rings. The number of ether oxygens (including phenoxy) is 2. The molecule has 0 radical (unpaired) electrons. The number of benzene rings is 2. The van der Waals surface area contributed by atoms with Crippen molar-refractivity contribution in [3.05, 3.63) is 57.6 Å². The first-order valence-electron chi connectivity index (χ1n) is 6.80. The molecule has 21 heavy (non-hydrogen) atoms. The standard InChI is InChI=1S/C17H19BrO3/c1-4-11-7-5-6-8-12(11)16(19)13-9-10-14(20-2)15(18)17(13)21-3/h5-10,16,19H,4H2,1-3H3. The topological polar surface area (TPSA) is 38.7 Å². The average molecular weight is 351 g/mol. The summed E-state index contributed by atoms with van der Waals surface area (Å²) in [5.74, 6) is 1.26. The van der Waals surface area contributed by atoms with E-state index in [-0.39, 0.29) is 0 Å². The Morgan fingerprint density at radius 1 is 1.05 bits per heavy atom. The van der Waals surface area contributed by atoms with Crippen LogP contribution in [-0.4, -0.2) is 19.3 Å². The van der Waals surface area contributed by atoms with Gasteiger partial charge in [-0.15, -0.1) is 0 Å². The van der Waals surface area contributed by atoms with Gasteiger partial charge >= 0.3 is 0 Å². The number of methoxy groups -OCH3 is 2. The molecular weight excluding hydrogens is 332 g/mol. The first-order chi connectivity index (χ1) is 10.1. The number of aliphatic hydroxyl groups excluding tert-OH is 1. The molecule has 0 saturated carbocycles. The monoisotopic (exact) mass is 350 g/mol. The van der Waals surface area contributed by atoms with Gasteiger partial charge in [0.15, 0.2) is 0 Å². The highest BCUT2D eigenvalue weighted by molar-refractivity contribution is 9.10. The van der Waals surface area contributed by atoms with Crippen LogP contribution in [0.25, 0.3) is 0 Å². The fourth-order valence-electron chi connectivity index (χ4n) is 2.42. The van der Waals surface area contributed by atoms with Gasteiger partial charge < -0.3 is 14.6 Å². The quantitative estimate of drug-likeness (QED) is 0.881. The van der Waals surface area contributed by atoms with Crippen LogP contribution in [0.3, 0.4) is 0 Å². The number of hydrogen-bond donors (Lipinski definition) is 1. The summed E-state index contributed by atoms with van der Waals surface area (Å²) >= 11 is 3.47. The number of halogens is 1. The van der Waals surface area contributed by atoms with Crippen LogP contribution in [-0.2, 0) is 6.42 Å². The lowest BCUT2D eigenvalue weighted by molar-refractivity contribution is 0.213. The predicted octanol–water partition coefficient (Wildman–Crippen LogP) is 4.11. The van der Waals surface area contributed by atoms with Gasteiger partial charge in [-0.25, -0.2) is 0 Å². The summed E-state index contributed by atoms with van der Waals surface area (Å²) in [5.41, 5.74) is 2.74. The molecule has 2 aromatic carbocycles. The van der Waals surface area contributed by atoms with Crippen molar-refractivity contribution in [1.82, 2.24) is 0 Å². The molecule has 1 unspecified atom stereocenters. The molecule has 1 N–H and O–H groups in total. The maximum atomic E-state index is 10.8. The Bertz CT molecular complexity index is 625. The zero-order valence-electron chi connectivity index (χ0n) is 12.4. The molecule has 0 bridgehead atoms. The molecule has 1 atom stereocenters. The molecule has 0 spiro atoms. The second-order valence-electron chi connectivity index (χ2n) is 4.66. The smallest absolute Gasteiger partial charge is 0.142 e. The van der Waals surface area contributed by atoms with E-state index in [2.05, 4.69) is 22.9 Å². The molecule has 0 heterocycles. The fourth-order valence-corrected chi connectivity index (χ4v) is 3.11. The van der Waals surface area contributed by atoms with Crippen LogP contribution in [0.1, 0.15) is 29.7 Å². The lowest BCUT2D eigenvalue weighted by Crippen LogP contribution is -2.06. The summed E-state index contributed by atoms with van der Waals surface area (Å²) in [6.07, 6.45) is 0.130. The molecule has 2 aromatic rings. The minimum absolute atomic E-state index is 0.591. The Morgan fingerprint density at radius 2 is 1.76 bits per heavy atom. The summed E-state index contributed by atoms with van der Waals surface area (Å²) in [6, 6.07) is 11.5. The lowest BCUT2D eigenvalue weighted by atomic mass is 9.95. The molecule has 0 aliphatic rings. The molecule has 0 aromatic heterocycles. The maximum Gasteiger partial charge on any atom is 0.142 e. The third kappa shape index (κ3) is 3.06. The average Bonchev–Trinajstić information content (AvgIpc) is 2.53. The zero-order valence-corrected chi connectivity index (χ0v) is 14.0. The van der Waals surface area contributed by atoms with Crippen molar-refractivity contribution >= 4 is 15.9 Å². The van der Waals surface area contributed by atoms with Crippen molar-refractivity contribution in [2.75, 3.05) is 14.2 Å². The van der Waals surface area contributed by atoms with E-state index >= 15 is 0 Å². The van der Waals surface area contributed by atoms with Crippen LogP contribution in [0, 0.1) is 0 Å². The Balaban J connectivity index is 2.53. The second-order valence-corrected chi connectivity index (χ2v) is 5.45. The Hall–Kier alpha value is -1.52. The zero-order chi connectivity index (χ0) is 15.4. The Labute approximate surface area is 133 Å². The van der Waals surface area contributed by atoms with Gasteiger partial charge in [-0.1, -0.05) is 31.2 Å². The molecule has 0 aliphatic carbocycles. The van der Waals surface area contributed by atoms with E-state index in [9.17, 15) is 5.11 Å². The maximum absolute atomic E-state index is 10.8. The van der Waals surface area contributed by atoms with Crippen LogP contribution < -0.4 is 9.47 Å². The van der Waals surface area contributed by atoms with Crippen molar-refractivity contribution in [2.45, 2.75) is 19.4 Å². The Kier molecular flexibility index (Phi) is 5.26. The van der Waals surface area contributed by atoms with Crippen LogP contribution in [0.4, 0.5) is 0 Å². The Morgan fingerprint density at radius 3 is 2.38 bits per heavy atom. The van der Waals surface area contributed by atoms with E-state index in [1.54, 1.807) is 14.2 Å². The van der Waals surface area contributed by atoms with Gasteiger partial charge in [0.05, 0.1) is 14.2 Å². The van der Waals surface area contributed by atoms with Gasteiger partial charge in [0.1, 0.15) is 22.1 Å². The largest absolute Gasteiger partial charge is 0.495 e. The van der Waals surface area contributed by atoms with Gasteiger partial charge in [-0.2, -0.15) is 0 Å². The molecule has 112 valence electrons. The van der Waals surface area contributed by atoms with Crippen LogP contribution in [0.5, 0.6) is 11.5 Å². The molecule has 0 amide bonds. The van der Waals surface area contributed by atoms with Crippen molar-refractivity contribution < 1.29 is 14.6 Å². The first kappa shape index (κ1) is 15.9. The van der Waals surface area contributed by atoms with Crippen LogP contribution in [0.2, 0.25) is 0 Å². The van der Waals surface area contributed by atoms with E-state index in [0.29, 0.717) is 21.5 Å². The fraction of sp³-hybridized carbons (Fsp3) is 0.294. The number of rotatable bonds is 5. The molecule has 2 rings (SSSR count). The molecule has 0 aliphatic heterocycles. The van der Waals surface area contributed by atoms with Gasteiger partial charge in [0.2, 0.25) is 0 Å². The van der Waals surface area contributed by atoms with Gasteiger partial charge in [0, 0.05) is 5.56 Å². The summed E-state index contributed by atoms with van der Waals surface area (Å²) in [6.45, 7) is 2.08. The SMILES string of the molecule is CCc1ccccc1C(O)c1ccc(OC)c(Br)c1OC. The summed E-state index contributed by atoms with van der Waals surface area (Å²) in [5, 5.41) is 10.8. The van der Waals surface area contributed by atoms with Crippen molar-refractivity contribution in [2.24, 2.45) is 0 Å². The minimum atomic E-state index is -0.738. The summed E-state index contributed by atoms with van der Waals surface area (Å²) < 4.78 is 11.4. The third-order valence-corrected chi connectivity index (χ3v) is 4.29. The molecule has 0 saturated heterocycles. The van der Waals surface area contributed by atoms with Crippen molar-refractivity contribution in [3.63, 3.8) is 0 Å². The summed E-state index contributed by atoms with van der Waals surface area (Å²) in [7, 11) is 3.18. The lowest BCUT2D eigenvalue weighted by Gasteiger charge is -2.19. The van der Waals surface area contributed by atoms with Gasteiger partial charge in [-0.3, -0.25) is 0 Å². The van der Waals surface area contributed by atoms with Crippen LogP contribution >= 0.6 is 15.9 Å². The van der Waals surface area contributed by atoms with Crippen LogP contribution in [0.15, 0.2) is 40.9 Å². The second kappa shape index (κ2) is 6.96. The van der Waals surface area contributed by atoms with Crippen molar-refractivity contribution in [3.8, 4) is 11.5 Å². The molecule has 4 heteroatoms. The normalized spacial score (nSPS) is 12.0. The van der Waals surface area contributed by atoms with E-state index in [1.807, 2.05) is 36.4 Å². The van der Waals surface area contributed by atoms with E-state index in [1.165, 1.54) is 0 Å². The molecular formula is C17H19BrO3. The number of hydrogen-bond acceptors (Lipinski definition) is 3. The highest BCUT2D eigenvalue weighted by atomic mass is 79.9.